The first kappa shape index (κ1) is 42.8. The fourth-order valence-corrected chi connectivity index (χ4v) is 3.56. The van der Waals surface area contributed by atoms with Crippen molar-refractivity contribution in [3.8, 4) is 17.2 Å². The van der Waals surface area contributed by atoms with E-state index < -0.39 is 23.7 Å². The van der Waals surface area contributed by atoms with Crippen LogP contribution in [-0.2, 0) is 33.3 Å². The predicted molar refractivity (Wildman–Crippen MR) is 187 cm³/mol. The van der Waals surface area contributed by atoms with E-state index in [-0.39, 0.29) is 38.2 Å². The van der Waals surface area contributed by atoms with Crippen LogP contribution >= 0.6 is 0 Å². The molecular formula is C38H51NO11. The normalized spacial score (nSPS) is 10.8. The summed E-state index contributed by atoms with van der Waals surface area (Å²) in [4.78, 5) is 45.3. The molecule has 50 heavy (non-hydrogen) atoms. The Labute approximate surface area is 295 Å². The SMILES string of the molecule is CC(=O)OCOc1ccccc1.CC(C)CC(NC(=O)OC(C)(C)C)C(=O)OCOc1ccccc1.CCCC(=O)OCOc1ccccc1. The summed E-state index contributed by atoms with van der Waals surface area (Å²) in [6.45, 7) is 12.2. The minimum Gasteiger partial charge on any atom is -0.457 e. The summed E-state index contributed by atoms with van der Waals surface area (Å²) >= 11 is 0. The minimum atomic E-state index is -0.778. The number of esters is 3. The van der Waals surface area contributed by atoms with Gasteiger partial charge in [0.1, 0.15) is 28.9 Å². The number of amides is 1. The Kier molecular flexibility index (Phi) is 21.2. The van der Waals surface area contributed by atoms with E-state index in [1.165, 1.54) is 6.92 Å². The van der Waals surface area contributed by atoms with Crippen molar-refractivity contribution in [2.75, 3.05) is 20.4 Å². The second kappa shape index (κ2) is 24.8. The Morgan fingerprint density at radius 2 is 1.08 bits per heavy atom. The maximum absolute atomic E-state index is 12.2. The van der Waals surface area contributed by atoms with Crippen LogP contribution in [0, 0.1) is 5.92 Å². The van der Waals surface area contributed by atoms with Crippen LogP contribution < -0.4 is 19.5 Å². The Morgan fingerprint density at radius 1 is 0.660 bits per heavy atom. The smallest absolute Gasteiger partial charge is 0.408 e. The average molecular weight is 698 g/mol. The maximum Gasteiger partial charge on any atom is 0.408 e. The van der Waals surface area contributed by atoms with Crippen molar-refractivity contribution < 1.29 is 52.3 Å². The number of ether oxygens (including phenoxy) is 7. The molecule has 0 saturated heterocycles. The van der Waals surface area contributed by atoms with Crippen molar-refractivity contribution in [3.05, 3.63) is 91.0 Å². The number of carbonyl (C=O) groups is 4. The number of para-hydroxylation sites is 3. The summed E-state index contributed by atoms with van der Waals surface area (Å²) in [5.41, 5.74) is -0.632. The monoisotopic (exact) mass is 697 g/mol. The van der Waals surface area contributed by atoms with Gasteiger partial charge in [0.15, 0.2) is 0 Å². The van der Waals surface area contributed by atoms with E-state index in [0.29, 0.717) is 30.1 Å². The summed E-state index contributed by atoms with van der Waals surface area (Å²) in [5, 5.41) is 2.56. The third-order valence-electron chi connectivity index (χ3n) is 5.73. The van der Waals surface area contributed by atoms with E-state index in [9.17, 15) is 19.2 Å². The van der Waals surface area contributed by atoms with Gasteiger partial charge in [-0.25, -0.2) is 9.59 Å². The van der Waals surface area contributed by atoms with Gasteiger partial charge in [-0.05, 0) is 75.9 Å². The first-order chi connectivity index (χ1) is 23.8. The van der Waals surface area contributed by atoms with E-state index in [4.69, 9.17) is 28.4 Å². The van der Waals surface area contributed by atoms with E-state index in [2.05, 4.69) is 10.1 Å². The molecule has 0 aliphatic rings. The van der Waals surface area contributed by atoms with Crippen LogP contribution in [0.1, 0.15) is 67.7 Å². The van der Waals surface area contributed by atoms with Gasteiger partial charge in [0, 0.05) is 13.3 Å². The topological polar surface area (TPSA) is 145 Å². The lowest BCUT2D eigenvalue weighted by molar-refractivity contribution is -0.153. The van der Waals surface area contributed by atoms with Gasteiger partial charge in [-0.1, -0.05) is 75.4 Å². The quantitative estimate of drug-likeness (QED) is 0.0960. The lowest BCUT2D eigenvalue weighted by Gasteiger charge is -2.23. The number of carbonyl (C=O) groups excluding carboxylic acids is 4. The largest absolute Gasteiger partial charge is 0.457 e. The summed E-state index contributed by atoms with van der Waals surface area (Å²) in [6, 6.07) is 26.7. The molecule has 1 atom stereocenters. The highest BCUT2D eigenvalue weighted by Crippen LogP contribution is 2.12. The Hall–Kier alpha value is -5.26. The van der Waals surface area contributed by atoms with Gasteiger partial charge in [0.2, 0.25) is 20.4 Å². The molecule has 1 unspecified atom stereocenters. The van der Waals surface area contributed by atoms with Crippen LogP contribution in [0.5, 0.6) is 17.2 Å². The van der Waals surface area contributed by atoms with Crippen molar-refractivity contribution in [3.63, 3.8) is 0 Å². The van der Waals surface area contributed by atoms with Gasteiger partial charge < -0.3 is 38.5 Å². The highest BCUT2D eigenvalue weighted by atomic mass is 16.7. The standard InChI is InChI=1S/C18H27NO5.C11H14O3.C9H10O3/c1-13(2)11-15(19-17(21)24-18(3,4)5)16(20)23-12-22-14-9-7-6-8-10-14;1-2-6-11(12)14-9-13-10-7-4-3-5-8-10;1-8(10)11-7-12-9-5-3-2-4-6-9/h6-10,13,15H,11-12H2,1-5H3,(H,19,21);3-5,7-8H,2,6,9H2,1H3;2-6H,7H2,1H3. The molecule has 0 aromatic heterocycles. The molecule has 0 fully saturated rings. The van der Waals surface area contributed by atoms with Crippen LogP contribution in [0.15, 0.2) is 91.0 Å². The summed E-state index contributed by atoms with van der Waals surface area (Å²) in [5.74, 6) is 1.09. The number of hydrogen-bond donors (Lipinski definition) is 1. The summed E-state index contributed by atoms with van der Waals surface area (Å²) in [6.07, 6.45) is 1.04. The van der Waals surface area contributed by atoms with Crippen molar-refractivity contribution in [2.45, 2.75) is 79.4 Å². The third-order valence-corrected chi connectivity index (χ3v) is 5.73. The zero-order valence-electron chi connectivity index (χ0n) is 30.0. The van der Waals surface area contributed by atoms with E-state index in [1.807, 2.05) is 87.5 Å². The minimum absolute atomic E-state index is 0.0111. The average Bonchev–Trinajstić information content (AvgIpc) is 3.05. The highest BCUT2D eigenvalue weighted by molar-refractivity contribution is 5.81. The fraction of sp³-hybridized carbons (Fsp3) is 0.421. The maximum atomic E-state index is 12.2. The fourth-order valence-electron chi connectivity index (χ4n) is 3.56. The molecule has 3 aromatic rings. The van der Waals surface area contributed by atoms with Crippen molar-refractivity contribution >= 4 is 24.0 Å². The second-order valence-electron chi connectivity index (χ2n) is 11.9. The van der Waals surface area contributed by atoms with Gasteiger partial charge in [-0.3, -0.25) is 9.59 Å². The molecule has 0 spiro atoms. The second-order valence-corrected chi connectivity index (χ2v) is 11.9. The number of rotatable bonds is 15. The Bertz CT molecular complexity index is 1360. The van der Waals surface area contributed by atoms with Gasteiger partial charge in [0.25, 0.3) is 0 Å². The van der Waals surface area contributed by atoms with Crippen molar-refractivity contribution in [1.82, 2.24) is 5.32 Å². The van der Waals surface area contributed by atoms with Crippen molar-refractivity contribution in [2.24, 2.45) is 5.92 Å². The lowest BCUT2D eigenvalue weighted by Crippen LogP contribution is -2.45. The summed E-state index contributed by atoms with van der Waals surface area (Å²) < 4.78 is 35.3. The number of hydrogen-bond acceptors (Lipinski definition) is 11. The van der Waals surface area contributed by atoms with Crippen LogP contribution in [0.25, 0.3) is 0 Å². The van der Waals surface area contributed by atoms with Crippen LogP contribution in [0.2, 0.25) is 0 Å². The molecule has 3 rings (SSSR count). The number of alkyl carbamates (subject to hydrolysis) is 1. The Balaban J connectivity index is 0.000000407. The predicted octanol–water partition coefficient (Wildman–Crippen LogP) is 7.46. The molecule has 12 heteroatoms. The zero-order chi connectivity index (χ0) is 37.2. The van der Waals surface area contributed by atoms with Crippen LogP contribution in [0.3, 0.4) is 0 Å². The molecule has 0 aliphatic carbocycles. The third kappa shape index (κ3) is 23.1. The van der Waals surface area contributed by atoms with Gasteiger partial charge >= 0.3 is 24.0 Å². The molecule has 0 radical (unpaired) electrons. The van der Waals surface area contributed by atoms with Gasteiger partial charge in [-0.15, -0.1) is 0 Å². The molecule has 0 bridgehead atoms. The van der Waals surface area contributed by atoms with Gasteiger partial charge in [-0.2, -0.15) is 0 Å². The molecule has 0 aliphatic heterocycles. The lowest BCUT2D eigenvalue weighted by atomic mass is 10.0. The van der Waals surface area contributed by atoms with E-state index in [1.54, 1.807) is 45.0 Å². The molecule has 12 nitrogen and oxygen atoms in total. The zero-order valence-corrected chi connectivity index (χ0v) is 30.0. The highest BCUT2D eigenvalue weighted by Gasteiger charge is 2.26. The first-order valence-corrected chi connectivity index (χ1v) is 16.3. The number of benzene rings is 3. The molecule has 0 heterocycles. The Morgan fingerprint density at radius 3 is 1.46 bits per heavy atom. The molecule has 1 amide bonds. The molecule has 0 saturated carbocycles. The van der Waals surface area contributed by atoms with E-state index in [0.717, 1.165) is 6.42 Å². The van der Waals surface area contributed by atoms with Gasteiger partial charge in [0.05, 0.1) is 0 Å². The van der Waals surface area contributed by atoms with Crippen LogP contribution in [-0.4, -0.2) is 56.0 Å². The van der Waals surface area contributed by atoms with Crippen molar-refractivity contribution in [1.29, 1.82) is 0 Å². The molecule has 1 N–H and O–H groups in total. The first-order valence-electron chi connectivity index (χ1n) is 16.3. The molecule has 274 valence electrons. The molecular weight excluding hydrogens is 646 g/mol. The van der Waals surface area contributed by atoms with E-state index >= 15 is 0 Å². The summed E-state index contributed by atoms with van der Waals surface area (Å²) in [7, 11) is 0. The molecule has 3 aromatic carbocycles. The van der Waals surface area contributed by atoms with Crippen LogP contribution in [0.4, 0.5) is 4.79 Å². The number of nitrogens with one attached hydrogen (secondary N) is 1.